The molecule has 0 unspecified atom stereocenters. The Labute approximate surface area is 120 Å². The smallest absolute Gasteiger partial charge is 0.256 e. The first-order valence-electron chi connectivity index (χ1n) is 6.45. The molecule has 0 bridgehead atoms. The van der Waals surface area contributed by atoms with Crippen LogP contribution in [0.15, 0.2) is 36.7 Å². The highest BCUT2D eigenvalue weighted by atomic mass is 16.1. The lowest BCUT2D eigenvalue weighted by Crippen LogP contribution is -2.12. The predicted octanol–water partition coefficient (Wildman–Crippen LogP) is 1.20. The van der Waals surface area contributed by atoms with Gasteiger partial charge in [0.2, 0.25) is 0 Å². The van der Waals surface area contributed by atoms with Crippen molar-refractivity contribution in [3.05, 3.63) is 47.9 Å². The maximum atomic E-state index is 12.1. The number of anilines is 1. The van der Waals surface area contributed by atoms with Gasteiger partial charge in [0, 0.05) is 17.3 Å². The molecule has 8 heteroatoms. The van der Waals surface area contributed by atoms with Gasteiger partial charge in [0.1, 0.15) is 6.33 Å². The van der Waals surface area contributed by atoms with Crippen LogP contribution in [0.2, 0.25) is 0 Å². The number of nitrogens with one attached hydrogen (secondary N) is 2. The molecular formula is C13H13N7O. The fraction of sp³-hybridized carbons (Fsp3) is 0.154. The molecule has 0 spiro atoms. The van der Waals surface area contributed by atoms with Crippen LogP contribution in [0.3, 0.4) is 0 Å². The fourth-order valence-corrected chi connectivity index (χ4v) is 1.84. The molecule has 0 saturated heterocycles. The third-order valence-electron chi connectivity index (χ3n) is 3.00. The summed E-state index contributed by atoms with van der Waals surface area (Å²) in [6, 6.07) is 8.77. The lowest BCUT2D eigenvalue weighted by atomic mass is 10.2. The maximum Gasteiger partial charge on any atom is 0.256 e. The summed E-state index contributed by atoms with van der Waals surface area (Å²) in [4.78, 5) is 12.1. The predicted molar refractivity (Wildman–Crippen MR) is 75.1 cm³/mol. The molecule has 8 nitrogen and oxygen atoms in total. The zero-order chi connectivity index (χ0) is 14.7. The van der Waals surface area contributed by atoms with Crippen molar-refractivity contribution in [2.45, 2.75) is 13.3 Å². The van der Waals surface area contributed by atoms with Gasteiger partial charge < -0.3 is 5.32 Å². The lowest BCUT2D eigenvalue weighted by molar-refractivity contribution is 0.102. The highest BCUT2D eigenvalue weighted by molar-refractivity contribution is 6.03. The van der Waals surface area contributed by atoms with Crippen molar-refractivity contribution in [1.82, 2.24) is 30.4 Å². The Bertz CT molecular complexity index is 730. The van der Waals surface area contributed by atoms with Crippen molar-refractivity contribution < 1.29 is 4.79 Å². The number of aromatic amines is 1. The number of H-pyrrole nitrogens is 1. The molecule has 0 saturated carbocycles. The van der Waals surface area contributed by atoms with E-state index in [0.717, 1.165) is 17.8 Å². The van der Waals surface area contributed by atoms with Crippen molar-refractivity contribution in [1.29, 1.82) is 0 Å². The van der Waals surface area contributed by atoms with E-state index in [9.17, 15) is 4.79 Å². The van der Waals surface area contributed by atoms with Crippen LogP contribution in [-0.4, -0.2) is 36.3 Å². The average Bonchev–Trinajstić information content (AvgIpc) is 3.19. The van der Waals surface area contributed by atoms with E-state index >= 15 is 0 Å². The van der Waals surface area contributed by atoms with E-state index in [-0.39, 0.29) is 5.91 Å². The number of hydrogen-bond donors (Lipinski definition) is 2. The number of amides is 1. The van der Waals surface area contributed by atoms with Crippen LogP contribution in [0.4, 0.5) is 5.82 Å². The quantitative estimate of drug-likeness (QED) is 0.749. The van der Waals surface area contributed by atoms with E-state index in [0.29, 0.717) is 11.4 Å². The molecule has 0 aliphatic rings. The second-order valence-electron chi connectivity index (χ2n) is 4.39. The van der Waals surface area contributed by atoms with Crippen LogP contribution < -0.4 is 5.32 Å². The highest BCUT2D eigenvalue weighted by Crippen LogP contribution is 2.11. The van der Waals surface area contributed by atoms with E-state index in [1.165, 1.54) is 11.0 Å². The van der Waals surface area contributed by atoms with Gasteiger partial charge in [-0.1, -0.05) is 6.92 Å². The Morgan fingerprint density at radius 3 is 2.76 bits per heavy atom. The zero-order valence-corrected chi connectivity index (χ0v) is 11.3. The SMILES string of the molecule is CCc1cc(NC(=O)c2ccc(-n3cnnn3)cc2)n[nH]1. The summed E-state index contributed by atoms with van der Waals surface area (Å²) in [7, 11) is 0. The molecule has 0 aliphatic heterocycles. The summed E-state index contributed by atoms with van der Waals surface area (Å²) in [5.74, 6) is 0.300. The molecule has 3 rings (SSSR count). The van der Waals surface area contributed by atoms with Crippen molar-refractivity contribution in [3.8, 4) is 5.69 Å². The summed E-state index contributed by atoms with van der Waals surface area (Å²) < 4.78 is 1.52. The first-order chi connectivity index (χ1) is 10.3. The van der Waals surface area contributed by atoms with Crippen molar-refractivity contribution in [2.24, 2.45) is 0 Å². The number of nitrogens with zero attached hydrogens (tertiary/aromatic N) is 5. The lowest BCUT2D eigenvalue weighted by Gasteiger charge is -2.03. The van der Waals surface area contributed by atoms with Crippen molar-refractivity contribution in [2.75, 3.05) is 5.32 Å². The summed E-state index contributed by atoms with van der Waals surface area (Å²) in [6.45, 7) is 2.01. The molecular weight excluding hydrogens is 270 g/mol. The van der Waals surface area contributed by atoms with E-state index in [4.69, 9.17) is 0 Å². The van der Waals surface area contributed by atoms with Crippen LogP contribution in [-0.2, 0) is 6.42 Å². The highest BCUT2D eigenvalue weighted by Gasteiger charge is 2.08. The van der Waals surface area contributed by atoms with E-state index in [2.05, 4.69) is 31.0 Å². The van der Waals surface area contributed by atoms with Crippen LogP contribution in [0.1, 0.15) is 23.0 Å². The Morgan fingerprint density at radius 2 is 2.14 bits per heavy atom. The van der Waals surface area contributed by atoms with E-state index in [1.54, 1.807) is 24.3 Å². The summed E-state index contributed by atoms with van der Waals surface area (Å²) in [6.07, 6.45) is 2.33. The third kappa shape index (κ3) is 2.78. The number of carbonyl (C=O) groups is 1. The second-order valence-corrected chi connectivity index (χ2v) is 4.39. The van der Waals surface area contributed by atoms with Gasteiger partial charge in [-0.3, -0.25) is 9.89 Å². The molecule has 1 amide bonds. The molecule has 0 fully saturated rings. The monoisotopic (exact) mass is 283 g/mol. The molecule has 106 valence electrons. The summed E-state index contributed by atoms with van der Waals surface area (Å²) >= 11 is 0. The molecule has 3 aromatic rings. The van der Waals surface area contributed by atoms with Gasteiger partial charge >= 0.3 is 0 Å². The number of hydrogen-bond acceptors (Lipinski definition) is 5. The van der Waals surface area contributed by atoms with Gasteiger partial charge in [-0.15, -0.1) is 5.10 Å². The van der Waals surface area contributed by atoms with Crippen molar-refractivity contribution >= 4 is 11.7 Å². The van der Waals surface area contributed by atoms with Gasteiger partial charge in [0.15, 0.2) is 5.82 Å². The fourth-order valence-electron chi connectivity index (χ4n) is 1.84. The Morgan fingerprint density at radius 1 is 1.33 bits per heavy atom. The molecule has 0 atom stereocenters. The maximum absolute atomic E-state index is 12.1. The third-order valence-corrected chi connectivity index (χ3v) is 3.00. The van der Waals surface area contributed by atoms with E-state index < -0.39 is 0 Å². The Hall–Kier alpha value is -3.03. The molecule has 0 radical (unpaired) electrons. The van der Waals surface area contributed by atoms with Crippen molar-refractivity contribution in [3.63, 3.8) is 0 Å². The van der Waals surface area contributed by atoms with E-state index in [1.807, 2.05) is 13.0 Å². The number of rotatable bonds is 4. The van der Waals surface area contributed by atoms with Gasteiger partial charge in [0.25, 0.3) is 5.91 Å². The minimum absolute atomic E-state index is 0.215. The standard InChI is InChI=1S/C13H13N7O/c1-2-10-7-12(17-16-10)15-13(21)9-3-5-11(6-4-9)20-8-14-18-19-20/h3-8H,2H2,1H3,(H2,15,16,17,21). The average molecular weight is 283 g/mol. The molecule has 21 heavy (non-hydrogen) atoms. The molecule has 2 heterocycles. The molecule has 2 aromatic heterocycles. The van der Waals surface area contributed by atoms with Crippen LogP contribution in [0.25, 0.3) is 5.69 Å². The van der Waals surface area contributed by atoms with Gasteiger partial charge in [0.05, 0.1) is 5.69 Å². The Balaban J connectivity index is 1.73. The second kappa shape index (κ2) is 5.53. The topological polar surface area (TPSA) is 101 Å². The molecule has 0 aliphatic carbocycles. The summed E-state index contributed by atoms with van der Waals surface area (Å²) in [5.41, 5.74) is 2.29. The summed E-state index contributed by atoms with van der Waals surface area (Å²) in [5, 5.41) is 20.5. The number of tetrazole rings is 1. The van der Waals surface area contributed by atoms with Gasteiger partial charge in [-0.2, -0.15) is 5.10 Å². The zero-order valence-electron chi connectivity index (χ0n) is 11.3. The number of aromatic nitrogens is 6. The first kappa shape index (κ1) is 13.0. The van der Waals surface area contributed by atoms with Crippen LogP contribution >= 0.6 is 0 Å². The Kier molecular flexibility index (Phi) is 3.42. The largest absolute Gasteiger partial charge is 0.305 e. The molecule has 1 aromatic carbocycles. The van der Waals surface area contributed by atoms with Crippen LogP contribution in [0, 0.1) is 0 Å². The number of benzene rings is 1. The normalized spacial score (nSPS) is 10.5. The van der Waals surface area contributed by atoms with Gasteiger partial charge in [-0.05, 0) is 41.1 Å². The minimum atomic E-state index is -0.215. The minimum Gasteiger partial charge on any atom is -0.305 e. The van der Waals surface area contributed by atoms with Crippen LogP contribution in [0.5, 0.6) is 0 Å². The first-order valence-corrected chi connectivity index (χ1v) is 6.45. The number of aryl methyl sites for hydroxylation is 1. The number of carbonyl (C=O) groups excluding carboxylic acids is 1. The molecule has 2 N–H and O–H groups in total. The van der Waals surface area contributed by atoms with Gasteiger partial charge in [-0.25, -0.2) is 4.68 Å².